The summed E-state index contributed by atoms with van der Waals surface area (Å²) in [5.41, 5.74) is 3.11. The molecule has 0 bridgehead atoms. The second kappa shape index (κ2) is 3.42. The Labute approximate surface area is 87.9 Å². The minimum atomic E-state index is -0.791. The van der Waals surface area contributed by atoms with Gasteiger partial charge in [-0.05, 0) is 30.0 Å². The molecule has 1 heterocycles. The van der Waals surface area contributed by atoms with Crippen LogP contribution in [0.4, 0.5) is 0 Å². The molecule has 15 heavy (non-hydrogen) atoms. The Hall–Kier alpha value is -1.77. The van der Waals surface area contributed by atoms with Crippen LogP contribution in [0, 0.1) is 6.92 Å². The Balaban J connectivity index is 2.54. The molecule has 0 aliphatic heterocycles. The van der Waals surface area contributed by atoms with Gasteiger partial charge in [0.25, 0.3) is 0 Å². The van der Waals surface area contributed by atoms with Gasteiger partial charge in [0.05, 0.1) is 6.42 Å². The molecule has 0 atom stereocenters. The van der Waals surface area contributed by atoms with Gasteiger partial charge in [0, 0.05) is 18.3 Å². The average Bonchev–Trinajstić information content (AvgIpc) is 2.43. The standard InChI is InChI=1S/C12H13NO2/c1-8-5-10-4-3-9(7-12(14)15)6-11(10)13(8)2/h3-6H,7H2,1-2H3,(H,14,15). The van der Waals surface area contributed by atoms with E-state index in [1.165, 1.54) is 5.69 Å². The lowest BCUT2D eigenvalue weighted by Crippen LogP contribution is -2.00. The summed E-state index contributed by atoms with van der Waals surface area (Å²) >= 11 is 0. The number of carboxylic acid groups (broad SMARTS) is 1. The number of rotatable bonds is 2. The van der Waals surface area contributed by atoms with Crippen LogP contribution in [0.2, 0.25) is 0 Å². The smallest absolute Gasteiger partial charge is 0.307 e. The fraction of sp³-hybridized carbons (Fsp3) is 0.250. The third-order valence-electron chi connectivity index (χ3n) is 2.71. The molecule has 0 radical (unpaired) electrons. The average molecular weight is 203 g/mol. The summed E-state index contributed by atoms with van der Waals surface area (Å²) < 4.78 is 2.07. The van der Waals surface area contributed by atoms with Gasteiger partial charge < -0.3 is 9.67 Å². The zero-order chi connectivity index (χ0) is 11.0. The first kappa shape index (κ1) is 9.77. The van der Waals surface area contributed by atoms with Crippen molar-refractivity contribution in [1.29, 1.82) is 0 Å². The lowest BCUT2D eigenvalue weighted by molar-refractivity contribution is -0.136. The number of benzene rings is 1. The molecule has 0 aliphatic carbocycles. The summed E-state index contributed by atoms with van der Waals surface area (Å²) in [5.74, 6) is -0.791. The highest BCUT2D eigenvalue weighted by Crippen LogP contribution is 2.19. The summed E-state index contributed by atoms with van der Waals surface area (Å²) in [6.07, 6.45) is 0.0835. The van der Waals surface area contributed by atoms with E-state index in [4.69, 9.17) is 5.11 Å². The van der Waals surface area contributed by atoms with E-state index in [1.54, 1.807) is 0 Å². The van der Waals surface area contributed by atoms with Crippen LogP contribution in [0.15, 0.2) is 24.3 Å². The van der Waals surface area contributed by atoms with Crippen molar-refractivity contribution in [2.24, 2.45) is 7.05 Å². The SMILES string of the molecule is Cc1cc2ccc(CC(=O)O)cc2n1C. The van der Waals surface area contributed by atoms with Crippen molar-refractivity contribution in [2.75, 3.05) is 0 Å². The number of aromatic nitrogens is 1. The van der Waals surface area contributed by atoms with Crippen LogP contribution in [-0.2, 0) is 18.3 Å². The molecular weight excluding hydrogens is 190 g/mol. The first-order chi connectivity index (χ1) is 7.08. The number of hydrogen-bond donors (Lipinski definition) is 1. The molecule has 1 aromatic heterocycles. The van der Waals surface area contributed by atoms with Crippen molar-refractivity contribution in [3.63, 3.8) is 0 Å². The fourth-order valence-electron chi connectivity index (χ4n) is 1.80. The van der Waals surface area contributed by atoms with E-state index in [0.29, 0.717) is 0 Å². The van der Waals surface area contributed by atoms with Gasteiger partial charge in [-0.1, -0.05) is 12.1 Å². The maximum absolute atomic E-state index is 10.6. The van der Waals surface area contributed by atoms with Crippen molar-refractivity contribution < 1.29 is 9.90 Å². The van der Waals surface area contributed by atoms with E-state index >= 15 is 0 Å². The number of aliphatic carboxylic acids is 1. The maximum atomic E-state index is 10.6. The van der Waals surface area contributed by atoms with E-state index in [2.05, 4.69) is 10.6 Å². The quantitative estimate of drug-likeness (QED) is 0.812. The molecule has 0 aliphatic rings. The fourth-order valence-corrected chi connectivity index (χ4v) is 1.80. The van der Waals surface area contributed by atoms with Crippen molar-refractivity contribution >= 4 is 16.9 Å². The van der Waals surface area contributed by atoms with Gasteiger partial charge >= 0.3 is 5.97 Å². The number of carboxylic acids is 1. The summed E-state index contributed by atoms with van der Waals surface area (Å²) in [7, 11) is 1.99. The minimum Gasteiger partial charge on any atom is -0.481 e. The first-order valence-electron chi connectivity index (χ1n) is 4.84. The minimum absolute atomic E-state index is 0.0835. The zero-order valence-electron chi connectivity index (χ0n) is 8.82. The van der Waals surface area contributed by atoms with Gasteiger partial charge in [0.1, 0.15) is 0 Å². The summed E-state index contributed by atoms with van der Waals surface area (Å²) in [6, 6.07) is 7.88. The molecule has 3 nitrogen and oxygen atoms in total. The van der Waals surface area contributed by atoms with E-state index in [-0.39, 0.29) is 6.42 Å². The van der Waals surface area contributed by atoms with Crippen LogP contribution in [-0.4, -0.2) is 15.6 Å². The molecule has 78 valence electrons. The summed E-state index contributed by atoms with van der Waals surface area (Å²) in [4.78, 5) is 10.6. The Morgan fingerprint density at radius 1 is 1.40 bits per heavy atom. The van der Waals surface area contributed by atoms with Crippen molar-refractivity contribution in [3.8, 4) is 0 Å². The van der Waals surface area contributed by atoms with E-state index in [9.17, 15) is 4.79 Å². The molecule has 2 rings (SSSR count). The van der Waals surface area contributed by atoms with Gasteiger partial charge in [-0.15, -0.1) is 0 Å². The van der Waals surface area contributed by atoms with Gasteiger partial charge in [-0.25, -0.2) is 0 Å². The van der Waals surface area contributed by atoms with Crippen LogP contribution in [0.5, 0.6) is 0 Å². The molecule has 0 saturated heterocycles. The number of aryl methyl sites for hydroxylation is 2. The third-order valence-corrected chi connectivity index (χ3v) is 2.71. The van der Waals surface area contributed by atoms with Crippen LogP contribution in [0.1, 0.15) is 11.3 Å². The Bertz CT molecular complexity index is 526. The molecule has 1 aromatic carbocycles. The van der Waals surface area contributed by atoms with Crippen molar-refractivity contribution in [1.82, 2.24) is 4.57 Å². The van der Waals surface area contributed by atoms with Crippen LogP contribution >= 0.6 is 0 Å². The highest BCUT2D eigenvalue weighted by atomic mass is 16.4. The molecule has 3 heteroatoms. The molecule has 0 unspecified atom stereocenters. The number of carbonyl (C=O) groups is 1. The third kappa shape index (κ3) is 1.73. The highest BCUT2D eigenvalue weighted by molar-refractivity contribution is 5.83. The lowest BCUT2D eigenvalue weighted by atomic mass is 10.1. The van der Waals surface area contributed by atoms with Gasteiger partial charge in [0.2, 0.25) is 0 Å². The Morgan fingerprint density at radius 3 is 2.80 bits per heavy atom. The predicted molar refractivity (Wildman–Crippen MR) is 59.0 cm³/mol. The maximum Gasteiger partial charge on any atom is 0.307 e. The Morgan fingerprint density at radius 2 is 2.13 bits per heavy atom. The lowest BCUT2D eigenvalue weighted by Gasteiger charge is -2.01. The number of hydrogen-bond acceptors (Lipinski definition) is 1. The van der Waals surface area contributed by atoms with Gasteiger partial charge in [-0.3, -0.25) is 4.79 Å². The molecule has 0 amide bonds. The van der Waals surface area contributed by atoms with Crippen LogP contribution < -0.4 is 0 Å². The van der Waals surface area contributed by atoms with Crippen molar-refractivity contribution in [2.45, 2.75) is 13.3 Å². The van der Waals surface area contributed by atoms with Gasteiger partial charge in [-0.2, -0.15) is 0 Å². The highest BCUT2D eigenvalue weighted by Gasteiger charge is 2.05. The molecule has 2 aromatic rings. The summed E-state index contributed by atoms with van der Waals surface area (Å²) in [5, 5.41) is 9.86. The first-order valence-corrected chi connectivity index (χ1v) is 4.84. The largest absolute Gasteiger partial charge is 0.481 e. The molecule has 0 saturated carbocycles. The number of fused-ring (bicyclic) bond motifs is 1. The van der Waals surface area contributed by atoms with Crippen LogP contribution in [0.3, 0.4) is 0 Å². The summed E-state index contributed by atoms with van der Waals surface area (Å²) in [6.45, 7) is 2.04. The Kier molecular flexibility index (Phi) is 2.23. The molecule has 0 fully saturated rings. The zero-order valence-corrected chi connectivity index (χ0v) is 8.82. The van der Waals surface area contributed by atoms with Gasteiger partial charge in [0.15, 0.2) is 0 Å². The van der Waals surface area contributed by atoms with Crippen molar-refractivity contribution in [3.05, 3.63) is 35.5 Å². The molecule has 1 N–H and O–H groups in total. The monoisotopic (exact) mass is 203 g/mol. The molecule has 0 spiro atoms. The van der Waals surface area contributed by atoms with E-state index in [0.717, 1.165) is 16.5 Å². The van der Waals surface area contributed by atoms with E-state index in [1.807, 2.05) is 32.2 Å². The molecular formula is C12H13NO2. The second-order valence-corrected chi connectivity index (χ2v) is 3.81. The van der Waals surface area contributed by atoms with E-state index < -0.39 is 5.97 Å². The second-order valence-electron chi connectivity index (χ2n) is 3.81. The topological polar surface area (TPSA) is 42.2 Å². The van der Waals surface area contributed by atoms with Crippen LogP contribution in [0.25, 0.3) is 10.9 Å². The predicted octanol–water partition coefficient (Wildman–Crippen LogP) is 2.11. The normalized spacial score (nSPS) is 10.8. The number of nitrogens with zero attached hydrogens (tertiary/aromatic N) is 1.